The SMILES string of the molecule is CCOc1cc(NC(C)c2cnn(CC)c2)ccc1OC. The zero-order chi connectivity index (χ0) is 15.2. The van der Waals surface area contributed by atoms with Crippen molar-refractivity contribution in [1.82, 2.24) is 9.78 Å². The minimum atomic E-state index is 0.174. The molecular weight excluding hydrogens is 266 g/mol. The van der Waals surface area contributed by atoms with Crippen molar-refractivity contribution in [3.05, 3.63) is 36.2 Å². The van der Waals surface area contributed by atoms with Crippen molar-refractivity contribution in [3.63, 3.8) is 0 Å². The van der Waals surface area contributed by atoms with Gasteiger partial charge in [-0.05, 0) is 32.9 Å². The van der Waals surface area contributed by atoms with Gasteiger partial charge in [0.1, 0.15) is 0 Å². The van der Waals surface area contributed by atoms with E-state index in [0.717, 1.165) is 29.3 Å². The van der Waals surface area contributed by atoms with Crippen LogP contribution in [0, 0.1) is 0 Å². The first kappa shape index (κ1) is 15.2. The molecule has 1 N–H and O–H groups in total. The Hall–Kier alpha value is -2.17. The molecule has 1 unspecified atom stereocenters. The van der Waals surface area contributed by atoms with Gasteiger partial charge in [0, 0.05) is 30.1 Å². The smallest absolute Gasteiger partial charge is 0.163 e. The van der Waals surface area contributed by atoms with Gasteiger partial charge in [0.05, 0.1) is 26.0 Å². The van der Waals surface area contributed by atoms with Crippen LogP contribution in [0.5, 0.6) is 11.5 Å². The Kier molecular flexibility index (Phi) is 5.09. The Balaban J connectivity index is 2.12. The molecule has 2 rings (SSSR count). The van der Waals surface area contributed by atoms with E-state index in [2.05, 4.69) is 30.5 Å². The zero-order valence-corrected chi connectivity index (χ0v) is 13.1. The van der Waals surface area contributed by atoms with Crippen molar-refractivity contribution in [1.29, 1.82) is 0 Å². The average molecular weight is 289 g/mol. The normalized spacial score (nSPS) is 12.0. The minimum absolute atomic E-state index is 0.174. The number of aryl methyl sites for hydroxylation is 1. The molecule has 5 nitrogen and oxygen atoms in total. The van der Waals surface area contributed by atoms with Crippen LogP contribution in [0.1, 0.15) is 32.4 Å². The maximum absolute atomic E-state index is 5.60. The fraction of sp³-hybridized carbons (Fsp3) is 0.438. The van der Waals surface area contributed by atoms with Crippen LogP contribution in [-0.2, 0) is 6.54 Å². The van der Waals surface area contributed by atoms with Gasteiger partial charge in [-0.3, -0.25) is 4.68 Å². The number of anilines is 1. The van der Waals surface area contributed by atoms with Gasteiger partial charge < -0.3 is 14.8 Å². The second-order valence-electron chi connectivity index (χ2n) is 4.79. The Morgan fingerprint density at radius 1 is 1.29 bits per heavy atom. The molecular formula is C16H23N3O2. The Bertz CT molecular complexity index is 581. The minimum Gasteiger partial charge on any atom is -0.493 e. The standard InChI is InChI=1S/C16H23N3O2/c1-5-19-11-13(10-17-19)12(3)18-14-7-8-15(20-4)16(9-14)21-6-2/h7-12,18H,5-6H2,1-4H3. The number of rotatable bonds is 7. The third kappa shape index (κ3) is 3.68. The fourth-order valence-corrected chi connectivity index (χ4v) is 2.14. The molecule has 0 aliphatic carbocycles. The van der Waals surface area contributed by atoms with E-state index < -0.39 is 0 Å². The summed E-state index contributed by atoms with van der Waals surface area (Å²) in [6, 6.07) is 6.04. The number of nitrogens with one attached hydrogen (secondary N) is 1. The van der Waals surface area contributed by atoms with Gasteiger partial charge in [-0.2, -0.15) is 5.10 Å². The Morgan fingerprint density at radius 2 is 2.10 bits per heavy atom. The lowest BCUT2D eigenvalue weighted by Gasteiger charge is -2.16. The van der Waals surface area contributed by atoms with Crippen molar-refractivity contribution in [2.75, 3.05) is 19.0 Å². The van der Waals surface area contributed by atoms with E-state index in [4.69, 9.17) is 9.47 Å². The summed E-state index contributed by atoms with van der Waals surface area (Å²) >= 11 is 0. The van der Waals surface area contributed by atoms with Crippen LogP contribution >= 0.6 is 0 Å². The van der Waals surface area contributed by atoms with E-state index in [1.807, 2.05) is 36.0 Å². The second kappa shape index (κ2) is 7.02. The molecule has 0 aliphatic heterocycles. The first-order chi connectivity index (χ1) is 10.2. The van der Waals surface area contributed by atoms with Gasteiger partial charge in [0.25, 0.3) is 0 Å². The van der Waals surface area contributed by atoms with Crippen molar-refractivity contribution >= 4 is 5.69 Å². The third-order valence-corrected chi connectivity index (χ3v) is 3.32. The summed E-state index contributed by atoms with van der Waals surface area (Å²) in [5.41, 5.74) is 2.15. The number of benzene rings is 1. The van der Waals surface area contributed by atoms with Crippen LogP contribution in [0.2, 0.25) is 0 Å². The summed E-state index contributed by atoms with van der Waals surface area (Å²) in [4.78, 5) is 0. The number of methoxy groups -OCH3 is 1. The summed E-state index contributed by atoms with van der Waals surface area (Å²) < 4.78 is 12.8. The van der Waals surface area contributed by atoms with E-state index in [-0.39, 0.29) is 6.04 Å². The quantitative estimate of drug-likeness (QED) is 0.847. The highest BCUT2D eigenvalue weighted by Crippen LogP contribution is 2.31. The van der Waals surface area contributed by atoms with Gasteiger partial charge in [0.2, 0.25) is 0 Å². The largest absolute Gasteiger partial charge is 0.493 e. The van der Waals surface area contributed by atoms with E-state index >= 15 is 0 Å². The fourth-order valence-electron chi connectivity index (χ4n) is 2.14. The Labute approximate surface area is 125 Å². The van der Waals surface area contributed by atoms with Crippen molar-refractivity contribution in [3.8, 4) is 11.5 Å². The first-order valence-electron chi connectivity index (χ1n) is 7.27. The maximum atomic E-state index is 5.60. The van der Waals surface area contributed by atoms with E-state index in [1.165, 1.54) is 0 Å². The molecule has 0 saturated carbocycles. The molecule has 21 heavy (non-hydrogen) atoms. The zero-order valence-electron chi connectivity index (χ0n) is 13.1. The molecule has 2 aromatic rings. The molecule has 5 heteroatoms. The van der Waals surface area contributed by atoms with Gasteiger partial charge in [-0.25, -0.2) is 0 Å². The van der Waals surface area contributed by atoms with Gasteiger partial charge in [0.15, 0.2) is 11.5 Å². The molecule has 1 aromatic carbocycles. The van der Waals surface area contributed by atoms with Gasteiger partial charge in [-0.15, -0.1) is 0 Å². The Morgan fingerprint density at radius 3 is 2.71 bits per heavy atom. The summed E-state index contributed by atoms with van der Waals surface area (Å²) in [5.74, 6) is 1.50. The van der Waals surface area contributed by atoms with Gasteiger partial charge >= 0.3 is 0 Å². The predicted octanol–water partition coefficient (Wildman–Crippen LogP) is 3.48. The van der Waals surface area contributed by atoms with Gasteiger partial charge in [-0.1, -0.05) is 0 Å². The molecule has 0 fully saturated rings. The van der Waals surface area contributed by atoms with E-state index in [1.54, 1.807) is 7.11 Å². The number of nitrogens with zero attached hydrogens (tertiary/aromatic N) is 2. The summed E-state index contributed by atoms with van der Waals surface area (Å²) in [5, 5.41) is 7.76. The lowest BCUT2D eigenvalue weighted by Crippen LogP contribution is -2.06. The summed E-state index contributed by atoms with van der Waals surface area (Å²) in [6.45, 7) is 7.64. The van der Waals surface area contributed by atoms with Crippen LogP contribution in [0.3, 0.4) is 0 Å². The van der Waals surface area contributed by atoms with E-state index in [9.17, 15) is 0 Å². The average Bonchev–Trinajstić information content (AvgIpc) is 2.97. The molecule has 1 atom stereocenters. The molecule has 0 bridgehead atoms. The highest BCUT2D eigenvalue weighted by atomic mass is 16.5. The monoisotopic (exact) mass is 289 g/mol. The highest BCUT2D eigenvalue weighted by Gasteiger charge is 2.10. The highest BCUT2D eigenvalue weighted by molar-refractivity contribution is 5.55. The lowest BCUT2D eigenvalue weighted by atomic mass is 10.1. The van der Waals surface area contributed by atoms with Crippen molar-refractivity contribution in [2.24, 2.45) is 0 Å². The lowest BCUT2D eigenvalue weighted by molar-refractivity contribution is 0.311. The summed E-state index contributed by atoms with van der Waals surface area (Å²) in [7, 11) is 1.65. The molecule has 0 aliphatic rings. The molecule has 0 amide bonds. The predicted molar refractivity (Wildman–Crippen MR) is 84.1 cm³/mol. The van der Waals surface area contributed by atoms with Crippen LogP contribution < -0.4 is 14.8 Å². The number of aromatic nitrogens is 2. The maximum Gasteiger partial charge on any atom is 0.163 e. The molecule has 0 saturated heterocycles. The first-order valence-corrected chi connectivity index (χ1v) is 7.27. The van der Waals surface area contributed by atoms with Crippen molar-refractivity contribution < 1.29 is 9.47 Å². The third-order valence-electron chi connectivity index (χ3n) is 3.32. The van der Waals surface area contributed by atoms with Crippen molar-refractivity contribution in [2.45, 2.75) is 33.4 Å². The van der Waals surface area contributed by atoms with Crippen LogP contribution in [0.15, 0.2) is 30.6 Å². The van der Waals surface area contributed by atoms with Crippen LogP contribution in [-0.4, -0.2) is 23.5 Å². The molecule has 1 aromatic heterocycles. The summed E-state index contributed by atoms with van der Waals surface area (Å²) in [6.07, 6.45) is 3.96. The number of ether oxygens (including phenoxy) is 2. The number of hydrogen-bond donors (Lipinski definition) is 1. The molecule has 1 heterocycles. The number of hydrogen-bond acceptors (Lipinski definition) is 4. The van der Waals surface area contributed by atoms with E-state index in [0.29, 0.717) is 6.61 Å². The molecule has 114 valence electrons. The van der Waals surface area contributed by atoms with Crippen LogP contribution in [0.25, 0.3) is 0 Å². The second-order valence-corrected chi connectivity index (χ2v) is 4.79. The topological polar surface area (TPSA) is 48.3 Å². The molecule has 0 spiro atoms. The molecule has 0 radical (unpaired) electrons. The van der Waals surface area contributed by atoms with Crippen LogP contribution in [0.4, 0.5) is 5.69 Å².